The van der Waals surface area contributed by atoms with Crippen molar-refractivity contribution in [3.05, 3.63) is 29.8 Å². The van der Waals surface area contributed by atoms with Crippen LogP contribution in [0.5, 0.6) is 5.75 Å². The van der Waals surface area contributed by atoms with Crippen LogP contribution in [0.25, 0.3) is 0 Å². The molecule has 1 atom stereocenters. The van der Waals surface area contributed by atoms with Crippen LogP contribution in [-0.2, 0) is 10.3 Å². The Morgan fingerprint density at radius 1 is 1.28 bits per heavy atom. The summed E-state index contributed by atoms with van der Waals surface area (Å²) in [5.74, 6) is 0.991. The van der Waals surface area contributed by atoms with Gasteiger partial charge in [0.1, 0.15) is 12.4 Å². The summed E-state index contributed by atoms with van der Waals surface area (Å²) >= 11 is 0. The van der Waals surface area contributed by atoms with Crippen LogP contribution in [0.1, 0.15) is 31.7 Å². The number of nitrogens with one attached hydrogen (secondary N) is 1. The molecule has 100 valence electrons. The van der Waals surface area contributed by atoms with Crippen molar-refractivity contribution < 1.29 is 9.47 Å². The van der Waals surface area contributed by atoms with Crippen molar-refractivity contribution in [3.63, 3.8) is 0 Å². The second-order valence-electron chi connectivity index (χ2n) is 4.80. The van der Waals surface area contributed by atoms with E-state index in [1.54, 1.807) is 7.11 Å². The molecule has 1 fully saturated rings. The van der Waals surface area contributed by atoms with Gasteiger partial charge in [-0.3, -0.25) is 0 Å². The SMILES string of the molecule is CCC1(c2ccccc2OCCOC)CCCN1. The number of hydrogen-bond donors (Lipinski definition) is 1. The topological polar surface area (TPSA) is 30.5 Å². The van der Waals surface area contributed by atoms with Gasteiger partial charge in [-0.05, 0) is 31.9 Å². The molecule has 1 heterocycles. The molecule has 2 rings (SSSR count). The number of rotatable bonds is 6. The number of hydrogen-bond acceptors (Lipinski definition) is 3. The molecule has 1 saturated heterocycles. The molecule has 0 radical (unpaired) electrons. The molecule has 0 bridgehead atoms. The fourth-order valence-corrected chi connectivity index (χ4v) is 2.75. The first-order valence-electron chi connectivity index (χ1n) is 6.78. The van der Waals surface area contributed by atoms with Gasteiger partial charge >= 0.3 is 0 Å². The van der Waals surface area contributed by atoms with Crippen LogP contribution >= 0.6 is 0 Å². The molecule has 1 unspecified atom stereocenters. The Bertz CT molecular complexity index is 373. The summed E-state index contributed by atoms with van der Waals surface area (Å²) in [4.78, 5) is 0. The van der Waals surface area contributed by atoms with Crippen LogP contribution in [0.4, 0.5) is 0 Å². The van der Waals surface area contributed by atoms with Crippen LogP contribution in [-0.4, -0.2) is 26.9 Å². The van der Waals surface area contributed by atoms with Gasteiger partial charge < -0.3 is 14.8 Å². The molecule has 1 aromatic carbocycles. The largest absolute Gasteiger partial charge is 0.491 e. The van der Waals surface area contributed by atoms with Gasteiger partial charge in [0, 0.05) is 18.2 Å². The highest BCUT2D eigenvalue weighted by molar-refractivity contribution is 5.39. The van der Waals surface area contributed by atoms with E-state index in [1.165, 1.54) is 18.4 Å². The van der Waals surface area contributed by atoms with Gasteiger partial charge in [0.15, 0.2) is 0 Å². The van der Waals surface area contributed by atoms with Crippen LogP contribution in [0.15, 0.2) is 24.3 Å². The minimum absolute atomic E-state index is 0.101. The first kappa shape index (κ1) is 13.4. The van der Waals surface area contributed by atoms with Crippen LogP contribution in [0, 0.1) is 0 Å². The summed E-state index contributed by atoms with van der Waals surface area (Å²) in [6.07, 6.45) is 3.52. The average molecular weight is 249 g/mol. The molecule has 0 amide bonds. The van der Waals surface area contributed by atoms with Gasteiger partial charge in [-0.25, -0.2) is 0 Å². The van der Waals surface area contributed by atoms with E-state index in [1.807, 2.05) is 6.07 Å². The van der Waals surface area contributed by atoms with Gasteiger partial charge in [-0.2, -0.15) is 0 Å². The van der Waals surface area contributed by atoms with Crippen molar-refractivity contribution >= 4 is 0 Å². The molecule has 1 aromatic rings. The molecule has 0 saturated carbocycles. The maximum Gasteiger partial charge on any atom is 0.124 e. The number of para-hydroxylation sites is 1. The molecule has 3 nitrogen and oxygen atoms in total. The van der Waals surface area contributed by atoms with Gasteiger partial charge in [-0.15, -0.1) is 0 Å². The third-order valence-electron chi connectivity index (χ3n) is 3.79. The monoisotopic (exact) mass is 249 g/mol. The van der Waals surface area contributed by atoms with Crippen LogP contribution in [0.3, 0.4) is 0 Å². The Labute approximate surface area is 109 Å². The normalized spacial score (nSPS) is 23.2. The lowest BCUT2D eigenvalue weighted by atomic mass is 9.85. The van der Waals surface area contributed by atoms with Crippen LogP contribution < -0.4 is 10.1 Å². The highest BCUT2D eigenvalue weighted by atomic mass is 16.5. The molecule has 0 aromatic heterocycles. The Morgan fingerprint density at radius 3 is 2.78 bits per heavy atom. The minimum Gasteiger partial charge on any atom is -0.491 e. The van der Waals surface area contributed by atoms with Crippen molar-refractivity contribution in [1.82, 2.24) is 5.32 Å². The average Bonchev–Trinajstić information content (AvgIpc) is 2.89. The summed E-state index contributed by atoms with van der Waals surface area (Å²) in [5.41, 5.74) is 1.39. The molecule has 18 heavy (non-hydrogen) atoms. The lowest BCUT2D eigenvalue weighted by Gasteiger charge is -2.30. The Balaban J connectivity index is 2.20. The highest BCUT2D eigenvalue weighted by Gasteiger charge is 2.35. The summed E-state index contributed by atoms with van der Waals surface area (Å²) < 4.78 is 10.9. The fourth-order valence-electron chi connectivity index (χ4n) is 2.75. The third-order valence-corrected chi connectivity index (χ3v) is 3.79. The standard InChI is InChI=1S/C15H23NO2/c1-3-15(9-6-10-16-15)13-7-4-5-8-14(13)18-12-11-17-2/h4-5,7-8,16H,3,6,9-12H2,1-2H3. The van der Waals surface area contributed by atoms with Gasteiger partial charge in [0.05, 0.1) is 6.61 Å². The second kappa shape index (κ2) is 6.21. The van der Waals surface area contributed by atoms with Crippen molar-refractivity contribution in [2.75, 3.05) is 26.9 Å². The van der Waals surface area contributed by atoms with Crippen molar-refractivity contribution in [1.29, 1.82) is 0 Å². The predicted octanol–water partition coefficient (Wildman–Crippen LogP) is 2.70. The molecular formula is C15H23NO2. The van der Waals surface area contributed by atoms with E-state index in [4.69, 9.17) is 9.47 Å². The van der Waals surface area contributed by atoms with Crippen molar-refractivity contribution in [3.8, 4) is 5.75 Å². The molecule has 1 N–H and O–H groups in total. The van der Waals surface area contributed by atoms with Crippen LogP contribution in [0.2, 0.25) is 0 Å². The maximum atomic E-state index is 5.85. The first-order valence-corrected chi connectivity index (χ1v) is 6.78. The molecule has 3 heteroatoms. The first-order chi connectivity index (χ1) is 8.82. The highest BCUT2D eigenvalue weighted by Crippen LogP contribution is 2.38. The second-order valence-corrected chi connectivity index (χ2v) is 4.80. The molecule has 0 spiro atoms. The Hall–Kier alpha value is -1.06. The maximum absolute atomic E-state index is 5.85. The molecule has 1 aliphatic rings. The zero-order valence-electron chi connectivity index (χ0n) is 11.4. The summed E-state index contributed by atoms with van der Waals surface area (Å²) in [6.45, 7) is 4.57. The number of methoxy groups -OCH3 is 1. The number of ether oxygens (including phenoxy) is 2. The lowest BCUT2D eigenvalue weighted by molar-refractivity contribution is 0.144. The Kier molecular flexibility index (Phi) is 4.61. The lowest BCUT2D eigenvalue weighted by Crippen LogP contribution is -2.36. The van der Waals surface area contributed by atoms with E-state index in [9.17, 15) is 0 Å². The predicted molar refractivity (Wildman–Crippen MR) is 73.0 cm³/mol. The molecular weight excluding hydrogens is 226 g/mol. The molecule has 0 aliphatic carbocycles. The van der Waals surface area contributed by atoms with E-state index in [0.29, 0.717) is 13.2 Å². The quantitative estimate of drug-likeness (QED) is 0.786. The summed E-state index contributed by atoms with van der Waals surface area (Å²) in [7, 11) is 1.70. The van der Waals surface area contributed by atoms with Gasteiger partial charge in [0.25, 0.3) is 0 Å². The van der Waals surface area contributed by atoms with Gasteiger partial charge in [0.2, 0.25) is 0 Å². The van der Waals surface area contributed by atoms with E-state index in [0.717, 1.165) is 18.7 Å². The zero-order chi connectivity index (χ0) is 12.8. The number of benzene rings is 1. The third kappa shape index (κ3) is 2.68. The van der Waals surface area contributed by atoms with E-state index in [-0.39, 0.29) is 5.54 Å². The van der Waals surface area contributed by atoms with Crippen molar-refractivity contribution in [2.24, 2.45) is 0 Å². The fraction of sp³-hybridized carbons (Fsp3) is 0.600. The van der Waals surface area contributed by atoms with E-state index in [2.05, 4.69) is 30.4 Å². The minimum atomic E-state index is 0.101. The Morgan fingerprint density at radius 2 is 2.11 bits per heavy atom. The van der Waals surface area contributed by atoms with E-state index < -0.39 is 0 Å². The van der Waals surface area contributed by atoms with E-state index >= 15 is 0 Å². The smallest absolute Gasteiger partial charge is 0.124 e. The summed E-state index contributed by atoms with van der Waals surface area (Å²) in [6, 6.07) is 8.37. The molecule has 1 aliphatic heterocycles. The summed E-state index contributed by atoms with van der Waals surface area (Å²) in [5, 5.41) is 3.66. The van der Waals surface area contributed by atoms with Gasteiger partial charge in [-0.1, -0.05) is 25.1 Å². The van der Waals surface area contributed by atoms with Crippen molar-refractivity contribution in [2.45, 2.75) is 31.7 Å². The zero-order valence-corrected chi connectivity index (χ0v) is 11.4.